The number of thioether (sulfide) groups is 1. The molecule has 0 aliphatic rings. The fourth-order valence-corrected chi connectivity index (χ4v) is 1.91. The predicted octanol–water partition coefficient (Wildman–Crippen LogP) is -0.387. The molecule has 0 bridgehead atoms. The average Bonchev–Trinajstić information content (AvgIpc) is 2.25. The number of carboxylic acid groups (broad SMARTS) is 1. The lowest BCUT2D eigenvalue weighted by molar-refractivity contribution is -0.140. The Morgan fingerprint density at radius 3 is 2.44 bits per heavy atom. The highest BCUT2D eigenvalue weighted by Crippen LogP contribution is 2.02. The van der Waals surface area contributed by atoms with Crippen molar-refractivity contribution >= 4 is 29.7 Å². The number of carboxylic acids is 1. The molecular formula is C10H19N3O4S. The summed E-state index contributed by atoms with van der Waals surface area (Å²) in [6, 6.07) is -1.91. The SMILES string of the molecule is CSCC(C)CNC(=O)N[C@H](CC(N)=O)C(=O)O. The number of hydrogen-bond donors (Lipinski definition) is 4. The van der Waals surface area contributed by atoms with Crippen LogP contribution in [0.3, 0.4) is 0 Å². The fourth-order valence-electron chi connectivity index (χ4n) is 1.22. The minimum absolute atomic E-state index is 0.283. The number of amides is 3. The van der Waals surface area contributed by atoms with Crippen LogP contribution >= 0.6 is 11.8 Å². The Morgan fingerprint density at radius 2 is 2.00 bits per heavy atom. The summed E-state index contributed by atoms with van der Waals surface area (Å²) in [5.41, 5.74) is 4.89. The Hall–Kier alpha value is -1.44. The minimum atomic E-state index is -1.29. The molecule has 0 aliphatic heterocycles. The highest BCUT2D eigenvalue weighted by molar-refractivity contribution is 7.98. The number of urea groups is 1. The molecule has 0 aromatic heterocycles. The Kier molecular flexibility index (Phi) is 7.93. The lowest BCUT2D eigenvalue weighted by Crippen LogP contribution is -2.48. The number of carbonyl (C=O) groups excluding carboxylic acids is 2. The molecule has 0 spiro atoms. The third-order valence-corrected chi connectivity index (χ3v) is 2.97. The van der Waals surface area contributed by atoms with Gasteiger partial charge in [0, 0.05) is 6.54 Å². The van der Waals surface area contributed by atoms with Gasteiger partial charge in [0.1, 0.15) is 6.04 Å². The van der Waals surface area contributed by atoms with Crippen molar-refractivity contribution in [3.8, 4) is 0 Å². The van der Waals surface area contributed by atoms with E-state index in [1.165, 1.54) is 0 Å². The van der Waals surface area contributed by atoms with E-state index in [9.17, 15) is 14.4 Å². The number of aliphatic carboxylic acids is 1. The van der Waals surface area contributed by atoms with E-state index in [4.69, 9.17) is 10.8 Å². The lowest BCUT2D eigenvalue weighted by atomic mass is 10.2. The fraction of sp³-hybridized carbons (Fsp3) is 0.700. The molecule has 0 fully saturated rings. The van der Waals surface area contributed by atoms with Gasteiger partial charge in [-0.15, -0.1) is 0 Å². The average molecular weight is 277 g/mol. The van der Waals surface area contributed by atoms with E-state index >= 15 is 0 Å². The molecule has 7 nitrogen and oxygen atoms in total. The number of hydrogen-bond acceptors (Lipinski definition) is 4. The molecule has 0 aromatic carbocycles. The molecule has 0 radical (unpaired) electrons. The molecule has 3 amide bonds. The molecule has 0 aromatic rings. The van der Waals surface area contributed by atoms with Crippen LogP contribution in [0, 0.1) is 5.92 Å². The van der Waals surface area contributed by atoms with Crippen LogP contribution in [0.4, 0.5) is 4.79 Å². The van der Waals surface area contributed by atoms with Gasteiger partial charge in [0.15, 0.2) is 0 Å². The zero-order valence-corrected chi connectivity index (χ0v) is 11.3. The van der Waals surface area contributed by atoms with Gasteiger partial charge in [0.05, 0.1) is 6.42 Å². The van der Waals surface area contributed by atoms with Gasteiger partial charge in [-0.1, -0.05) is 6.92 Å². The highest BCUT2D eigenvalue weighted by atomic mass is 32.2. The van der Waals surface area contributed by atoms with Gasteiger partial charge < -0.3 is 21.5 Å². The van der Waals surface area contributed by atoms with Gasteiger partial charge in [0.25, 0.3) is 0 Å². The molecule has 0 saturated carbocycles. The minimum Gasteiger partial charge on any atom is -0.480 e. The maximum Gasteiger partial charge on any atom is 0.326 e. The highest BCUT2D eigenvalue weighted by Gasteiger charge is 2.21. The lowest BCUT2D eigenvalue weighted by Gasteiger charge is -2.15. The summed E-state index contributed by atoms with van der Waals surface area (Å²) in [6.45, 7) is 2.41. The summed E-state index contributed by atoms with van der Waals surface area (Å²) >= 11 is 1.66. The van der Waals surface area contributed by atoms with Crippen molar-refractivity contribution in [2.75, 3.05) is 18.6 Å². The van der Waals surface area contributed by atoms with Crippen LogP contribution in [0.25, 0.3) is 0 Å². The Balaban J connectivity index is 4.10. The first-order valence-corrected chi connectivity index (χ1v) is 6.80. The van der Waals surface area contributed by atoms with Crippen LogP contribution in [0.15, 0.2) is 0 Å². The van der Waals surface area contributed by atoms with Crippen molar-refractivity contribution in [2.45, 2.75) is 19.4 Å². The molecular weight excluding hydrogens is 258 g/mol. The quantitative estimate of drug-likeness (QED) is 0.481. The third kappa shape index (κ3) is 7.77. The molecule has 104 valence electrons. The van der Waals surface area contributed by atoms with Gasteiger partial charge in [-0.05, 0) is 17.9 Å². The molecule has 0 saturated heterocycles. The summed E-state index contributed by atoms with van der Waals surface area (Å²) in [7, 11) is 0. The van der Waals surface area contributed by atoms with Crippen LogP contribution in [0.5, 0.6) is 0 Å². The Bertz CT molecular complexity index is 311. The second-order valence-electron chi connectivity index (χ2n) is 3.98. The third-order valence-electron chi connectivity index (χ3n) is 2.07. The molecule has 0 heterocycles. The van der Waals surface area contributed by atoms with E-state index in [2.05, 4.69) is 10.6 Å². The molecule has 5 N–H and O–H groups in total. The first-order chi connectivity index (χ1) is 8.36. The smallest absolute Gasteiger partial charge is 0.326 e. The van der Waals surface area contributed by atoms with E-state index in [0.717, 1.165) is 5.75 Å². The standard InChI is InChI=1S/C10H19N3O4S/c1-6(5-18-2)4-12-10(17)13-7(9(15)16)3-8(11)14/h6-7H,3-5H2,1-2H3,(H2,11,14)(H,15,16)(H2,12,13,17)/t6?,7-/m1/s1. The number of nitrogens with one attached hydrogen (secondary N) is 2. The zero-order valence-electron chi connectivity index (χ0n) is 10.4. The van der Waals surface area contributed by atoms with E-state index in [1.54, 1.807) is 11.8 Å². The molecule has 1 unspecified atom stereocenters. The van der Waals surface area contributed by atoms with E-state index in [1.807, 2.05) is 13.2 Å². The molecule has 8 heteroatoms. The van der Waals surface area contributed by atoms with Crippen molar-refractivity contribution in [1.82, 2.24) is 10.6 Å². The predicted molar refractivity (Wildman–Crippen MR) is 69.3 cm³/mol. The molecule has 0 rings (SSSR count). The second-order valence-corrected chi connectivity index (χ2v) is 4.89. The Labute approximate surface area is 110 Å². The maximum atomic E-state index is 11.4. The summed E-state index contributed by atoms with van der Waals surface area (Å²) in [5, 5.41) is 13.5. The summed E-state index contributed by atoms with van der Waals surface area (Å²) in [4.78, 5) is 32.8. The summed E-state index contributed by atoms with van der Waals surface area (Å²) in [6.07, 6.45) is 1.53. The largest absolute Gasteiger partial charge is 0.480 e. The van der Waals surface area contributed by atoms with Crippen molar-refractivity contribution in [3.05, 3.63) is 0 Å². The first kappa shape index (κ1) is 16.6. The zero-order chi connectivity index (χ0) is 14.1. The molecule has 0 aliphatic carbocycles. The van der Waals surface area contributed by atoms with Crippen molar-refractivity contribution in [1.29, 1.82) is 0 Å². The van der Waals surface area contributed by atoms with Crippen molar-refractivity contribution < 1.29 is 19.5 Å². The topological polar surface area (TPSA) is 122 Å². The van der Waals surface area contributed by atoms with Crippen LogP contribution in [-0.4, -0.2) is 47.6 Å². The summed E-state index contributed by atoms with van der Waals surface area (Å²) in [5.74, 6) is -0.895. The van der Waals surface area contributed by atoms with Crippen LogP contribution in [-0.2, 0) is 9.59 Å². The van der Waals surface area contributed by atoms with E-state index in [-0.39, 0.29) is 5.92 Å². The van der Waals surface area contributed by atoms with Gasteiger partial charge in [-0.3, -0.25) is 4.79 Å². The van der Waals surface area contributed by atoms with Gasteiger partial charge >= 0.3 is 12.0 Å². The van der Waals surface area contributed by atoms with Crippen LogP contribution < -0.4 is 16.4 Å². The monoisotopic (exact) mass is 277 g/mol. The summed E-state index contributed by atoms with van der Waals surface area (Å²) < 4.78 is 0. The van der Waals surface area contributed by atoms with Crippen LogP contribution in [0.1, 0.15) is 13.3 Å². The van der Waals surface area contributed by atoms with Crippen molar-refractivity contribution in [3.63, 3.8) is 0 Å². The molecule has 2 atom stereocenters. The molecule has 18 heavy (non-hydrogen) atoms. The number of rotatable bonds is 8. The Morgan fingerprint density at radius 1 is 1.39 bits per heavy atom. The van der Waals surface area contributed by atoms with Crippen molar-refractivity contribution in [2.24, 2.45) is 11.7 Å². The van der Waals surface area contributed by atoms with E-state index < -0.39 is 30.4 Å². The maximum absolute atomic E-state index is 11.4. The first-order valence-electron chi connectivity index (χ1n) is 5.41. The number of primary amides is 1. The second kappa shape index (κ2) is 8.62. The van der Waals surface area contributed by atoms with Gasteiger partial charge in [0.2, 0.25) is 5.91 Å². The van der Waals surface area contributed by atoms with Gasteiger partial charge in [-0.25, -0.2) is 9.59 Å². The van der Waals surface area contributed by atoms with Crippen LogP contribution in [0.2, 0.25) is 0 Å². The number of nitrogens with two attached hydrogens (primary N) is 1. The van der Waals surface area contributed by atoms with Gasteiger partial charge in [-0.2, -0.15) is 11.8 Å². The normalized spacial score (nSPS) is 13.4. The van der Waals surface area contributed by atoms with E-state index in [0.29, 0.717) is 6.54 Å². The number of carbonyl (C=O) groups is 3.